The largest absolute Gasteiger partial charge is 0.494 e. The number of unbranched alkanes of at least 4 members (excludes halogenated alkanes) is 2. The first-order chi connectivity index (χ1) is 18.9. The molecule has 2 aromatic heterocycles. The molecule has 3 heterocycles. The Labute approximate surface area is 229 Å². The average molecular weight is 545 g/mol. The summed E-state index contributed by atoms with van der Waals surface area (Å²) >= 11 is 1.03. The molecule has 0 bridgehead atoms. The van der Waals surface area contributed by atoms with Crippen LogP contribution in [0.5, 0.6) is 5.75 Å². The first-order valence-electron chi connectivity index (χ1n) is 12.8. The van der Waals surface area contributed by atoms with Gasteiger partial charge in [0.1, 0.15) is 22.8 Å². The summed E-state index contributed by atoms with van der Waals surface area (Å²) in [5, 5.41) is 0.643. The van der Waals surface area contributed by atoms with E-state index >= 15 is 0 Å². The van der Waals surface area contributed by atoms with E-state index in [0.29, 0.717) is 34.6 Å². The van der Waals surface area contributed by atoms with Crippen LogP contribution in [0.15, 0.2) is 70.4 Å². The summed E-state index contributed by atoms with van der Waals surface area (Å²) in [6.07, 6.45) is 4.55. The molecule has 0 unspecified atom stereocenters. The van der Waals surface area contributed by atoms with Gasteiger partial charge in [0.25, 0.3) is 5.91 Å². The van der Waals surface area contributed by atoms with E-state index in [1.54, 1.807) is 31.2 Å². The minimum Gasteiger partial charge on any atom is -0.494 e. The number of rotatable bonds is 10. The third-order valence-corrected chi connectivity index (χ3v) is 7.61. The van der Waals surface area contributed by atoms with E-state index in [2.05, 4.69) is 18.5 Å². The number of aryl methyl sites for hydroxylation is 1. The van der Waals surface area contributed by atoms with Gasteiger partial charge in [-0.3, -0.25) is 14.5 Å². The maximum absolute atomic E-state index is 13.9. The molecule has 4 aromatic rings. The summed E-state index contributed by atoms with van der Waals surface area (Å²) < 4.78 is 17.2. The van der Waals surface area contributed by atoms with Gasteiger partial charge in [-0.05, 0) is 43.2 Å². The van der Waals surface area contributed by atoms with Crippen molar-refractivity contribution < 1.29 is 23.5 Å². The molecule has 1 aliphatic rings. The Hall–Kier alpha value is -4.24. The fourth-order valence-corrected chi connectivity index (χ4v) is 5.61. The highest BCUT2D eigenvalue weighted by atomic mass is 32.1. The Balaban J connectivity index is 1.63. The summed E-state index contributed by atoms with van der Waals surface area (Å²) in [7, 11) is 0. The summed E-state index contributed by atoms with van der Waals surface area (Å²) in [6.45, 7) is 7.99. The van der Waals surface area contributed by atoms with Crippen molar-refractivity contribution in [2.75, 3.05) is 18.1 Å². The molecule has 0 aliphatic carbocycles. The normalized spacial score (nSPS) is 14.5. The number of hydrogen-bond acceptors (Lipinski definition) is 8. The Morgan fingerprint density at radius 3 is 2.79 bits per heavy atom. The van der Waals surface area contributed by atoms with Gasteiger partial charge >= 0.3 is 5.97 Å². The van der Waals surface area contributed by atoms with Gasteiger partial charge in [-0.15, -0.1) is 0 Å². The minimum atomic E-state index is -0.824. The fraction of sp³-hybridized carbons (Fsp3) is 0.267. The average Bonchev–Trinajstić information content (AvgIpc) is 3.47. The molecule has 1 amide bonds. The number of anilines is 1. The van der Waals surface area contributed by atoms with E-state index in [1.165, 1.54) is 11.0 Å². The zero-order valence-electron chi connectivity index (χ0n) is 21.8. The molecule has 1 aliphatic heterocycles. The van der Waals surface area contributed by atoms with Gasteiger partial charge in [-0.1, -0.05) is 68.0 Å². The van der Waals surface area contributed by atoms with Crippen LogP contribution in [0, 0.1) is 6.92 Å². The standard InChI is InChI=1S/C30H28N2O6S/c1-4-6-9-16-36-20-12-10-11-19(17-20)24-23-25(33)21-13-7-8-14-22(21)38-26(23)28(34)32(24)30-31-18(3)27(39-30)29(35)37-15-5-2/h5,7-8,10-14,17,24H,2,4,6,9,15-16H2,1,3H3/t24-/m1/s1. The highest BCUT2D eigenvalue weighted by molar-refractivity contribution is 7.17. The van der Waals surface area contributed by atoms with E-state index in [4.69, 9.17) is 13.9 Å². The van der Waals surface area contributed by atoms with E-state index in [-0.39, 0.29) is 33.4 Å². The smallest absolute Gasteiger partial charge is 0.350 e. The van der Waals surface area contributed by atoms with Crippen LogP contribution in [-0.4, -0.2) is 30.1 Å². The van der Waals surface area contributed by atoms with E-state index < -0.39 is 17.9 Å². The van der Waals surface area contributed by atoms with Crippen molar-refractivity contribution in [1.29, 1.82) is 0 Å². The molecule has 39 heavy (non-hydrogen) atoms. The summed E-state index contributed by atoms with van der Waals surface area (Å²) in [5.74, 6) is -0.466. The minimum absolute atomic E-state index is 0.0402. The van der Waals surface area contributed by atoms with Gasteiger partial charge in [0.05, 0.1) is 29.3 Å². The van der Waals surface area contributed by atoms with Crippen LogP contribution in [-0.2, 0) is 4.74 Å². The number of ether oxygens (including phenoxy) is 2. The van der Waals surface area contributed by atoms with Crippen molar-refractivity contribution in [2.45, 2.75) is 39.2 Å². The number of carbonyl (C=O) groups excluding carboxylic acids is 2. The van der Waals surface area contributed by atoms with E-state index in [9.17, 15) is 14.4 Å². The third-order valence-electron chi connectivity index (χ3n) is 6.48. The van der Waals surface area contributed by atoms with Gasteiger partial charge in [0.2, 0.25) is 5.76 Å². The van der Waals surface area contributed by atoms with Crippen LogP contribution < -0.4 is 15.1 Å². The van der Waals surface area contributed by atoms with E-state index in [0.717, 1.165) is 30.6 Å². The van der Waals surface area contributed by atoms with Gasteiger partial charge in [-0.25, -0.2) is 9.78 Å². The third kappa shape index (κ3) is 4.97. The second-order valence-electron chi connectivity index (χ2n) is 9.17. The number of thiazole rings is 1. The Morgan fingerprint density at radius 2 is 2.00 bits per heavy atom. The highest BCUT2D eigenvalue weighted by Crippen LogP contribution is 2.43. The van der Waals surface area contributed by atoms with Gasteiger partial charge in [0.15, 0.2) is 10.6 Å². The van der Waals surface area contributed by atoms with Gasteiger partial charge in [-0.2, -0.15) is 0 Å². The molecule has 0 spiro atoms. The molecule has 0 fully saturated rings. The zero-order chi connectivity index (χ0) is 27.5. The summed E-state index contributed by atoms with van der Waals surface area (Å²) in [5.41, 5.74) is 1.35. The number of benzene rings is 2. The SMILES string of the molecule is C=CCOC(=O)c1sc(N2C(=O)c3oc4ccccc4c(=O)c3[C@H]2c2cccc(OCCCCC)c2)nc1C. The van der Waals surface area contributed by atoms with Crippen LogP contribution in [0.25, 0.3) is 11.0 Å². The number of nitrogens with zero attached hydrogens (tertiary/aromatic N) is 2. The van der Waals surface area contributed by atoms with Crippen LogP contribution in [0.2, 0.25) is 0 Å². The van der Waals surface area contributed by atoms with E-state index in [1.807, 2.05) is 24.3 Å². The Bertz CT molecular complexity index is 1620. The van der Waals surface area contributed by atoms with Gasteiger partial charge < -0.3 is 13.9 Å². The molecule has 0 radical (unpaired) electrons. The number of amides is 1. The van der Waals surface area contributed by atoms with Crippen molar-refractivity contribution in [1.82, 2.24) is 4.98 Å². The van der Waals surface area contributed by atoms with Crippen molar-refractivity contribution >= 4 is 39.3 Å². The maximum atomic E-state index is 13.9. The summed E-state index contributed by atoms with van der Waals surface area (Å²) in [6, 6.07) is 13.4. The molecule has 0 saturated carbocycles. The van der Waals surface area contributed by atoms with Crippen LogP contribution in [0.3, 0.4) is 0 Å². The van der Waals surface area contributed by atoms with Gasteiger partial charge in [0, 0.05) is 0 Å². The van der Waals surface area contributed by atoms with Crippen LogP contribution in [0.4, 0.5) is 5.13 Å². The Kier molecular flexibility index (Phi) is 7.60. The lowest BCUT2D eigenvalue weighted by Gasteiger charge is -2.23. The lowest BCUT2D eigenvalue weighted by molar-refractivity contribution is 0.0554. The maximum Gasteiger partial charge on any atom is 0.350 e. The summed E-state index contributed by atoms with van der Waals surface area (Å²) in [4.78, 5) is 46.5. The molecule has 0 N–H and O–H groups in total. The quantitative estimate of drug-likeness (QED) is 0.133. The van der Waals surface area contributed by atoms with Crippen LogP contribution in [0.1, 0.15) is 69.3 Å². The number of esters is 1. The van der Waals surface area contributed by atoms with Crippen molar-refractivity contribution in [2.24, 2.45) is 0 Å². The molecule has 200 valence electrons. The van der Waals surface area contributed by atoms with Crippen molar-refractivity contribution in [3.05, 3.63) is 98.9 Å². The predicted octanol–water partition coefficient (Wildman–Crippen LogP) is 6.22. The number of para-hydroxylation sites is 1. The zero-order valence-corrected chi connectivity index (χ0v) is 22.6. The fourth-order valence-electron chi connectivity index (χ4n) is 4.62. The molecule has 9 heteroatoms. The number of fused-ring (bicyclic) bond motifs is 2. The van der Waals surface area contributed by atoms with Crippen molar-refractivity contribution in [3.8, 4) is 5.75 Å². The number of aromatic nitrogens is 1. The predicted molar refractivity (Wildman–Crippen MR) is 150 cm³/mol. The molecule has 5 rings (SSSR count). The molecular weight excluding hydrogens is 516 g/mol. The first kappa shape index (κ1) is 26.4. The monoisotopic (exact) mass is 544 g/mol. The molecule has 1 atom stereocenters. The second-order valence-corrected chi connectivity index (χ2v) is 10.2. The topological polar surface area (TPSA) is 98.9 Å². The lowest BCUT2D eigenvalue weighted by atomic mass is 9.98. The highest BCUT2D eigenvalue weighted by Gasteiger charge is 2.45. The molecule has 0 saturated heterocycles. The number of carbonyl (C=O) groups is 2. The molecule has 2 aromatic carbocycles. The molecular formula is C30H28N2O6S. The number of hydrogen-bond donors (Lipinski definition) is 0. The molecule has 8 nitrogen and oxygen atoms in total. The Morgan fingerprint density at radius 1 is 1.18 bits per heavy atom. The lowest BCUT2D eigenvalue weighted by Crippen LogP contribution is -2.29. The van der Waals surface area contributed by atoms with Crippen molar-refractivity contribution in [3.63, 3.8) is 0 Å². The van der Waals surface area contributed by atoms with Crippen LogP contribution >= 0.6 is 11.3 Å². The second kappa shape index (κ2) is 11.2. The first-order valence-corrected chi connectivity index (χ1v) is 13.6.